The first-order valence-corrected chi connectivity index (χ1v) is 25.1. The van der Waals surface area contributed by atoms with Crippen LogP contribution in [-0.4, -0.2) is 13.2 Å². The maximum atomic E-state index is 12.3. The average molecular weight is 871 g/mol. The second kappa shape index (κ2) is 28.9. The lowest BCUT2D eigenvalue weighted by Crippen LogP contribution is -2.15. The van der Waals surface area contributed by atoms with Crippen LogP contribution in [0.3, 0.4) is 0 Å². The fraction of sp³-hybridized carbons (Fsp3) is 0.579. The molecule has 2 aliphatic rings. The van der Waals surface area contributed by atoms with Gasteiger partial charge in [0.05, 0.1) is 0 Å². The van der Waals surface area contributed by atoms with Crippen LogP contribution in [0.2, 0.25) is 0 Å². The summed E-state index contributed by atoms with van der Waals surface area (Å²) in [7, 11) is 0. The zero-order chi connectivity index (χ0) is 44.5. The van der Waals surface area contributed by atoms with Crippen molar-refractivity contribution in [2.75, 3.05) is 0 Å². The molecule has 0 N–H and O–H groups in total. The number of hydrogen-bond donors (Lipinski definition) is 0. The highest BCUT2D eigenvalue weighted by Crippen LogP contribution is 2.36. The van der Waals surface area contributed by atoms with E-state index in [1.54, 1.807) is 24.3 Å². The molecule has 63 heavy (non-hydrogen) atoms. The minimum Gasteiger partial charge on any atom is -0.435 e. The molecule has 2 aliphatic carbocycles. The third-order valence-corrected chi connectivity index (χ3v) is 14.0. The van der Waals surface area contributed by atoms with Crippen molar-refractivity contribution in [1.29, 1.82) is 0 Å². The van der Waals surface area contributed by atoms with Crippen molar-refractivity contribution < 1.29 is 27.0 Å². The molecule has 0 heterocycles. The Labute approximate surface area is 379 Å². The standard InChI is InChI=1S/C29H40F2O.C28H38F2O/c1-2-3-4-5-6-7-8-23-9-11-24(12-10-23)13-14-25-15-17-26(18-16-25)27-19-21-28(22-20-27)32-29(30)31;1-2-3-4-5-6-7-22-8-10-23(11-9-22)12-13-24-14-16-25(17-15-24)26-18-20-27(21-19-26)31-28(29)30/h15-24,29H,2-14H2,1H3;14-23,28H,2-13H2,1H3. The molecule has 0 unspecified atom stereocenters. The van der Waals surface area contributed by atoms with Gasteiger partial charge in [-0.3, -0.25) is 0 Å². The first-order valence-electron chi connectivity index (χ1n) is 25.1. The Morgan fingerprint density at radius 3 is 0.937 bits per heavy atom. The molecule has 4 aromatic rings. The van der Waals surface area contributed by atoms with Crippen LogP contribution in [0.1, 0.15) is 173 Å². The molecular formula is C57H78F4O2. The number of unbranched alkanes of at least 4 members (excludes halogenated alkanes) is 9. The Morgan fingerprint density at radius 1 is 0.365 bits per heavy atom. The van der Waals surface area contributed by atoms with Crippen LogP contribution < -0.4 is 9.47 Å². The molecule has 2 saturated carbocycles. The Balaban J connectivity index is 0.000000238. The van der Waals surface area contributed by atoms with E-state index in [0.29, 0.717) is 0 Å². The maximum Gasteiger partial charge on any atom is 0.387 e. The van der Waals surface area contributed by atoms with E-state index in [1.165, 1.54) is 159 Å². The van der Waals surface area contributed by atoms with Crippen LogP contribution in [0.4, 0.5) is 17.6 Å². The van der Waals surface area contributed by atoms with Gasteiger partial charge < -0.3 is 9.47 Å². The lowest BCUT2D eigenvalue weighted by molar-refractivity contribution is -0.0505. The van der Waals surface area contributed by atoms with Crippen LogP contribution in [0.25, 0.3) is 22.3 Å². The van der Waals surface area contributed by atoms with Crippen LogP contribution in [0.5, 0.6) is 11.5 Å². The molecule has 6 rings (SSSR count). The molecule has 0 amide bonds. The van der Waals surface area contributed by atoms with Crippen molar-refractivity contribution in [3.63, 3.8) is 0 Å². The van der Waals surface area contributed by atoms with Crippen LogP contribution in [-0.2, 0) is 12.8 Å². The van der Waals surface area contributed by atoms with E-state index in [4.69, 9.17) is 0 Å². The molecule has 6 heteroatoms. The zero-order valence-electron chi connectivity index (χ0n) is 38.7. The molecule has 0 saturated heterocycles. The lowest BCUT2D eigenvalue weighted by atomic mass is 9.77. The number of benzene rings is 4. The number of alkyl halides is 4. The van der Waals surface area contributed by atoms with Gasteiger partial charge in [0.1, 0.15) is 11.5 Å². The quantitative estimate of drug-likeness (QED) is 0.0488. The monoisotopic (exact) mass is 871 g/mol. The van der Waals surface area contributed by atoms with E-state index in [9.17, 15) is 17.6 Å². The Bertz CT molecular complexity index is 1740. The Morgan fingerprint density at radius 2 is 0.635 bits per heavy atom. The first kappa shape index (κ1) is 50.2. The molecule has 0 bridgehead atoms. The van der Waals surface area contributed by atoms with Gasteiger partial charge >= 0.3 is 13.2 Å². The van der Waals surface area contributed by atoms with Crippen molar-refractivity contribution >= 4 is 0 Å². The molecule has 0 radical (unpaired) electrons. The number of ether oxygens (including phenoxy) is 2. The summed E-state index contributed by atoms with van der Waals surface area (Å²) in [6.07, 6.45) is 34.6. The first-order chi connectivity index (χ1) is 30.8. The molecule has 0 spiro atoms. The summed E-state index contributed by atoms with van der Waals surface area (Å²) in [4.78, 5) is 0. The van der Waals surface area contributed by atoms with Gasteiger partial charge in [0.25, 0.3) is 0 Å². The van der Waals surface area contributed by atoms with Gasteiger partial charge in [-0.2, -0.15) is 17.6 Å². The highest BCUT2D eigenvalue weighted by Gasteiger charge is 2.22. The summed E-state index contributed by atoms with van der Waals surface area (Å²) in [5, 5.41) is 0. The predicted octanol–water partition coefficient (Wildman–Crippen LogP) is 18.5. The van der Waals surface area contributed by atoms with Crippen molar-refractivity contribution in [1.82, 2.24) is 0 Å². The van der Waals surface area contributed by atoms with Crippen LogP contribution in [0, 0.1) is 23.7 Å². The van der Waals surface area contributed by atoms with Gasteiger partial charge in [-0.1, -0.05) is 221 Å². The van der Waals surface area contributed by atoms with Gasteiger partial charge in [-0.15, -0.1) is 0 Å². The van der Waals surface area contributed by atoms with E-state index in [0.717, 1.165) is 58.8 Å². The van der Waals surface area contributed by atoms with Crippen molar-refractivity contribution in [3.05, 3.63) is 108 Å². The number of rotatable bonds is 25. The third-order valence-electron chi connectivity index (χ3n) is 14.0. The largest absolute Gasteiger partial charge is 0.435 e. The second-order valence-electron chi connectivity index (χ2n) is 18.8. The normalized spacial score (nSPS) is 18.9. The average Bonchev–Trinajstić information content (AvgIpc) is 3.30. The van der Waals surface area contributed by atoms with Gasteiger partial charge in [0.2, 0.25) is 0 Å². The van der Waals surface area contributed by atoms with Gasteiger partial charge in [0, 0.05) is 0 Å². The molecular weight excluding hydrogens is 793 g/mol. The topological polar surface area (TPSA) is 18.5 Å². The molecule has 346 valence electrons. The van der Waals surface area contributed by atoms with Gasteiger partial charge in [-0.25, -0.2) is 0 Å². The fourth-order valence-electron chi connectivity index (χ4n) is 9.99. The third kappa shape index (κ3) is 19.5. The lowest BCUT2D eigenvalue weighted by Gasteiger charge is -2.28. The van der Waals surface area contributed by atoms with E-state index in [-0.39, 0.29) is 11.5 Å². The van der Waals surface area contributed by atoms with E-state index < -0.39 is 13.2 Å². The molecule has 0 aliphatic heterocycles. The number of hydrogen-bond acceptors (Lipinski definition) is 2. The summed E-state index contributed by atoms with van der Waals surface area (Å²) in [5.41, 5.74) is 7.02. The van der Waals surface area contributed by atoms with Crippen molar-refractivity contribution in [2.45, 2.75) is 188 Å². The smallest absolute Gasteiger partial charge is 0.387 e. The highest BCUT2D eigenvalue weighted by atomic mass is 19.3. The number of halogens is 4. The minimum absolute atomic E-state index is 0.196. The SMILES string of the molecule is CCCCCCCC1CCC(CCc2ccc(-c3ccc(OC(F)F)cc3)cc2)CC1.CCCCCCCCC1CCC(CCc2ccc(-c3ccc(OC(F)F)cc3)cc2)CC1. The van der Waals surface area contributed by atoms with E-state index in [1.807, 2.05) is 24.3 Å². The molecule has 4 aromatic carbocycles. The Kier molecular flexibility index (Phi) is 23.0. The highest BCUT2D eigenvalue weighted by molar-refractivity contribution is 5.65. The van der Waals surface area contributed by atoms with Crippen LogP contribution >= 0.6 is 0 Å². The van der Waals surface area contributed by atoms with Gasteiger partial charge in [-0.05, 0) is 107 Å². The second-order valence-corrected chi connectivity index (χ2v) is 18.8. The zero-order valence-corrected chi connectivity index (χ0v) is 38.7. The predicted molar refractivity (Wildman–Crippen MR) is 256 cm³/mol. The summed E-state index contributed by atoms with van der Waals surface area (Å²) in [6.45, 7) is -0.998. The molecule has 0 aromatic heterocycles. The van der Waals surface area contributed by atoms with Crippen molar-refractivity contribution in [3.8, 4) is 33.8 Å². The molecule has 2 nitrogen and oxygen atoms in total. The van der Waals surface area contributed by atoms with E-state index >= 15 is 0 Å². The molecule has 2 fully saturated rings. The summed E-state index contributed by atoms with van der Waals surface area (Å²) >= 11 is 0. The Hall–Kier alpha value is -3.80. The summed E-state index contributed by atoms with van der Waals surface area (Å²) < 4.78 is 58.0. The fourth-order valence-corrected chi connectivity index (χ4v) is 9.99. The molecule has 0 atom stereocenters. The maximum absolute atomic E-state index is 12.3. The summed E-state index contributed by atoms with van der Waals surface area (Å²) in [6, 6.07) is 31.1. The number of aryl methyl sites for hydroxylation is 2. The van der Waals surface area contributed by atoms with Gasteiger partial charge in [0.15, 0.2) is 0 Å². The van der Waals surface area contributed by atoms with Crippen LogP contribution in [0.15, 0.2) is 97.1 Å². The minimum atomic E-state index is -2.78. The van der Waals surface area contributed by atoms with E-state index in [2.05, 4.69) is 71.9 Å². The van der Waals surface area contributed by atoms with Crippen molar-refractivity contribution in [2.24, 2.45) is 23.7 Å². The summed E-state index contributed by atoms with van der Waals surface area (Å²) in [5.74, 6) is 4.13.